The largest absolute Gasteiger partial charge is 0.481 e. The van der Waals surface area contributed by atoms with Crippen LogP contribution in [0.2, 0.25) is 0 Å². The molecule has 68 valence electrons. The van der Waals surface area contributed by atoms with Gasteiger partial charge in [-0.1, -0.05) is 31.5 Å². The summed E-state index contributed by atoms with van der Waals surface area (Å²) in [4.78, 5) is 10.7. The van der Waals surface area contributed by atoms with E-state index in [1.165, 1.54) is 0 Å². The zero-order chi connectivity index (χ0) is 9.52. The Morgan fingerprint density at radius 3 is 2.33 bits per heavy atom. The van der Waals surface area contributed by atoms with Crippen LogP contribution in [-0.4, -0.2) is 11.1 Å². The third kappa shape index (κ3) is 1.48. The van der Waals surface area contributed by atoms with Crippen LogP contribution in [0.1, 0.15) is 20.8 Å². The van der Waals surface area contributed by atoms with Crippen LogP contribution < -0.4 is 0 Å². The van der Waals surface area contributed by atoms with Crippen LogP contribution in [-0.2, 0) is 4.79 Å². The summed E-state index contributed by atoms with van der Waals surface area (Å²) in [6, 6.07) is 0. The number of carboxylic acids is 1. The number of hydrogen-bond donors (Lipinski definition) is 1. The quantitative estimate of drug-likeness (QED) is 0.723. The lowest BCUT2D eigenvalue weighted by Gasteiger charge is -1.96. The Kier molecular flexibility index (Phi) is 2.21. The van der Waals surface area contributed by atoms with Crippen molar-refractivity contribution in [3.63, 3.8) is 0 Å². The zero-order valence-electron chi connectivity index (χ0n) is 7.47. The van der Waals surface area contributed by atoms with Gasteiger partial charge in [0.15, 0.2) is 0 Å². The van der Waals surface area contributed by atoms with Crippen molar-refractivity contribution < 1.29 is 9.90 Å². The number of halogens is 1. The van der Waals surface area contributed by atoms with Gasteiger partial charge in [-0.3, -0.25) is 4.79 Å². The molecule has 0 spiro atoms. The highest BCUT2D eigenvalue weighted by Gasteiger charge is 2.60. The van der Waals surface area contributed by atoms with Gasteiger partial charge in [0, 0.05) is 5.03 Å². The fourth-order valence-electron chi connectivity index (χ4n) is 1.71. The van der Waals surface area contributed by atoms with E-state index in [1.807, 2.05) is 19.9 Å². The van der Waals surface area contributed by atoms with E-state index < -0.39 is 5.97 Å². The molecule has 1 fully saturated rings. The average Bonchev–Trinajstić information content (AvgIpc) is 2.32. The molecule has 3 heteroatoms. The van der Waals surface area contributed by atoms with E-state index in [0.717, 1.165) is 0 Å². The molecule has 0 aromatic carbocycles. The Morgan fingerprint density at radius 1 is 1.58 bits per heavy atom. The Balaban J connectivity index is 2.73. The van der Waals surface area contributed by atoms with Crippen LogP contribution in [0, 0.1) is 17.3 Å². The van der Waals surface area contributed by atoms with Crippen molar-refractivity contribution in [2.24, 2.45) is 17.3 Å². The first-order chi connectivity index (χ1) is 5.37. The third-order valence-corrected chi connectivity index (χ3v) is 2.71. The third-order valence-electron chi connectivity index (χ3n) is 2.59. The molecule has 2 atom stereocenters. The van der Waals surface area contributed by atoms with Crippen molar-refractivity contribution in [3.8, 4) is 0 Å². The lowest BCUT2D eigenvalue weighted by Crippen LogP contribution is -2.02. The number of rotatable bonds is 2. The van der Waals surface area contributed by atoms with Crippen LogP contribution in [0.3, 0.4) is 0 Å². The number of allylic oxidation sites excluding steroid dienone is 2. The second-order valence-electron chi connectivity index (χ2n) is 3.92. The minimum Gasteiger partial charge on any atom is -0.481 e. The smallest absolute Gasteiger partial charge is 0.307 e. The van der Waals surface area contributed by atoms with Crippen LogP contribution in [0.4, 0.5) is 0 Å². The molecular weight excluding hydrogens is 176 g/mol. The van der Waals surface area contributed by atoms with Crippen LogP contribution in [0.25, 0.3) is 0 Å². The summed E-state index contributed by atoms with van der Waals surface area (Å²) in [7, 11) is 0. The highest BCUT2D eigenvalue weighted by atomic mass is 35.5. The summed E-state index contributed by atoms with van der Waals surface area (Å²) in [6.45, 7) is 5.68. The minimum atomic E-state index is -0.723. The van der Waals surface area contributed by atoms with E-state index in [9.17, 15) is 4.79 Å². The molecule has 1 rings (SSSR count). The second-order valence-corrected chi connectivity index (χ2v) is 4.51. The topological polar surface area (TPSA) is 37.3 Å². The molecule has 0 aliphatic heterocycles. The Labute approximate surface area is 77.2 Å². The monoisotopic (exact) mass is 188 g/mol. The standard InChI is InChI=1S/C9H13ClO2/c1-5(10)4-6-7(8(11)12)9(6,2)3/h4,6-7H,1-3H3,(H,11,12)/t6?,7-/m0/s1. The highest BCUT2D eigenvalue weighted by Crippen LogP contribution is 2.59. The molecule has 0 heterocycles. The van der Waals surface area contributed by atoms with Gasteiger partial charge in [0.05, 0.1) is 5.92 Å². The predicted octanol–water partition coefficient (Wildman–Crippen LogP) is 2.49. The summed E-state index contributed by atoms with van der Waals surface area (Å²) in [5.74, 6) is -0.877. The first-order valence-corrected chi connectivity index (χ1v) is 4.32. The molecule has 1 saturated carbocycles. The van der Waals surface area contributed by atoms with Crippen LogP contribution in [0.5, 0.6) is 0 Å². The molecular formula is C9H13ClO2. The van der Waals surface area contributed by atoms with Gasteiger partial charge in [0.25, 0.3) is 0 Å². The first kappa shape index (κ1) is 9.59. The number of aliphatic carboxylic acids is 1. The van der Waals surface area contributed by atoms with Gasteiger partial charge in [-0.05, 0) is 18.3 Å². The van der Waals surface area contributed by atoms with Gasteiger partial charge >= 0.3 is 5.97 Å². The lowest BCUT2D eigenvalue weighted by atomic mass is 10.1. The van der Waals surface area contributed by atoms with Crippen LogP contribution in [0.15, 0.2) is 11.1 Å². The molecule has 1 aliphatic rings. The summed E-state index contributed by atoms with van der Waals surface area (Å²) in [6.07, 6.45) is 1.83. The Bertz CT molecular complexity index is 239. The molecule has 0 aromatic heterocycles. The second kappa shape index (κ2) is 2.77. The minimum absolute atomic E-state index is 0.104. The molecule has 0 saturated heterocycles. The highest BCUT2D eigenvalue weighted by molar-refractivity contribution is 6.29. The molecule has 0 amide bonds. The number of carboxylic acid groups (broad SMARTS) is 1. The van der Waals surface area contributed by atoms with Crippen molar-refractivity contribution >= 4 is 17.6 Å². The molecule has 1 N–H and O–H groups in total. The predicted molar refractivity (Wildman–Crippen MR) is 48.0 cm³/mol. The molecule has 12 heavy (non-hydrogen) atoms. The van der Waals surface area contributed by atoms with Gasteiger partial charge in [0.1, 0.15) is 0 Å². The van der Waals surface area contributed by atoms with Crippen molar-refractivity contribution in [1.82, 2.24) is 0 Å². The number of hydrogen-bond acceptors (Lipinski definition) is 1. The van der Waals surface area contributed by atoms with E-state index in [1.54, 1.807) is 6.92 Å². The van der Waals surface area contributed by atoms with Gasteiger partial charge in [-0.2, -0.15) is 0 Å². The SMILES string of the molecule is CC(Cl)=CC1[C@@H](C(=O)O)C1(C)C. The van der Waals surface area contributed by atoms with E-state index in [2.05, 4.69) is 0 Å². The molecule has 0 radical (unpaired) electrons. The Hall–Kier alpha value is -0.500. The van der Waals surface area contributed by atoms with E-state index >= 15 is 0 Å². The van der Waals surface area contributed by atoms with Gasteiger partial charge in [0.2, 0.25) is 0 Å². The summed E-state index contributed by atoms with van der Waals surface area (Å²) in [5, 5.41) is 9.48. The van der Waals surface area contributed by atoms with Crippen molar-refractivity contribution in [2.75, 3.05) is 0 Å². The van der Waals surface area contributed by atoms with Crippen molar-refractivity contribution in [3.05, 3.63) is 11.1 Å². The van der Waals surface area contributed by atoms with E-state index in [4.69, 9.17) is 16.7 Å². The molecule has 0 bridgehead atoms. The maximum atomic E-state index is 10.7. The average molecular weight is 189 g/mol. The van der Waals surface area contributed by atoms with Gasteiger partial charge in [-0.25, -0.2) is 0 Å². The normalized spacial score (nSPS) is 33.2. The fraction of sp³-hybridized carbons (Fsp3) is 0.667. The van der Waals surface area contributed by atoms with E-state index in [0.29, 0.717) is 5.03 Å². The van der Waals surface area contributed by atoms with Gasteiger partial charge in [-0.15, -0.1) is 0 Å². The van der Waals surface area contributed by atoms with Crippen molar-refractivity contribution in [1.29, 1.82) is 0 Å². The van der Waals surface area contributed by atoms with Crippen molar-refractivity contribution in [2.45, 2.75) is 20.8 Å². The van der Waals surface area contributed by atoms with E-state index in [-0.39, 0.29) is 17.3 Å². The summed E-state index contributed by atoms with van der Waals surface area (Å²) < 4.78 is 0. The zero-order valence-corrected chi connectivity index (χ0v) is 8.22. The molecule has 2 nitrogen and oxygen atoms in total. The maximum absolute atomic E-state index is 10.7. The summed E-state index contributed by atoms with van der Waals surface area (Å²) in [5.41, 5.74) is -0.123. The molecule has 1 aliphatic carbocycles. The first-order valence-electron chi connectivity index (χ1n) is 3.94. The number of carbonyl (C=O) groups is 1. The molecule has 1 unspecified atom stereocenters. The lowest BCUT2D eigenvalue weighted by molar-refractivity contribution is -0.139. The van der Waals surface area contributed by atoms with Gasteiger partial charge < -0.3 is 5.11 Å². The van der Waals surface area contributed by atoms with Crippen LogP contribution >= 0.6 is 11.6 Å². The fourth-order valence-corrected chi connectivity index (χ4v) is 1.84. The maximum Gasteiger partial charge on any atom is 0.307 e. The summed E-state index contributed by atoms with van der Waals surface area (Å²) >= 11 is 5.68. The molecule has 0 aromatic rings. The Morgan fingerprint density at radius 2 is 2.08 bits per heavy atom.